The normalized spacial score (nSPS) is 9.71. The molecule has 0 aromatic heterocycles. The summed E-state index contributed by atoms with van der Waals surface area (Å²) in [6, 6.07) is 5.04. The fourth-order valence-corrected chi connectivity index (χ4v) is 1.13. The van der Waals surface area contributed by atoms with Gasteiger partial charge in [0.15, 0.2) is 0 Å². The highest BCUT2D eigenvalue weighted by atomic mass is 16.6. The van der Waals surface area contributed by atoms with E-state index in [0.29, 0.717) is 12.4 Å². The minimum absolute atomic E-state index is 0.404. The molecule has 2 N–H and O–H groups in total. The molecule has 1 rings (SSSR count). The van der Waals surface area contributed by atoms with E-state index in [4.69, 9.17) is 14.8 Å². The molecule has 0 radical (unpaired) electrons. The number of aryl methyl sites for hydroxylation is 1. The number of ether oxygens (including phenoxy) is 1. The number of hydrogen-bond acceptors (Lipinski definition) is 4. The summed E-state index contributed by atoms with van der Waals surface area (Å²) < 4.78 is 10.00. The predicted molar refractivity (Wildman–Crippen MR) is 53.2 cm³/mol. The predicted octanol–water partition coefficient (Wildman–Crippen LogP) is 0.742. The van der Waals surface area contributed by atoms with Gasteiger partial charge in [0.1, 0.15) is 11.5 Å². The molecule has 0 aliphatic heterocycles. The quantitative estimate of drug-likeness (QED) is 0.697. The lowest BCUT2D eigenvalue weighted by molar-refractivity contribution is 0.287. The molecule has 0 aliphatic rings. The molecule has 0 amide bonds. The Bertz CT molecular complexity index is 301. The average Bonchev–Trinajstić information content (AvgIpc) is 2.09. The van der Waals surface area contributed by atoms with Gasteiger partial charge in [-0.05, 0) is 37.6 Å². The van der Waals surface area contributed by atoms with Crippen LogP contribution in [0.25, 0.3) is 0 Å². The number of rotatable bonds is 4. The Morgan fingerprint density at radius 3 is 2.57 bits per heavy atom. The number of benzene rings is 1. The molecular formula is C9H13BO4. The van der Waals surface area contributed by atoms with Crippen LogP contribution in [0.4, 0.5) is 0 Å². The first-order chi connectivity index (χ1) is 6.63. The van der Waals surface area contributed by atoms with Crippen LogP contribution in [-0.4, -0.2) is 24.0 Å². The summed E-state index contributed by atoms with van der Waals surface area (Å²) in [4.78, 5) is 0. The second kappa shape index (κ2) is 4.88. The third kappa shape index (κ3) is 2.94. The molecule has 14 heavy (non-hydrogen) atoms. The van der Waals surface area contributed by atoms with Gasteiger partial charge in [-0.2, -0.15) is 0 Å². The van der Waals surface area contributed by atoms with Gasteiger partial charge >= 0.3 is 7.32 Å². The summed E-state index contributed by atoms with van der Waals surface area (Å²) in [5.74, 6) is 1.17. The van der Waals surface area contributed by atoms with E-state index in [2.05, 4.69) is 4.65 Å². The zero-order valence-corrected chi connectivity index (χ0v) is 8.23. The first-order valence-electron chi connectivity index (χ1n) is 4.39. The van der Waals surface area contributed by atoms with E-state index in [0.717, 1.165) is 11.3 Å². The summed E-state index contributed by atoms with van der Waals surface area (Å²) in [5.41, 5.74) is 0.894. The van der Waals surface area contributed by atoms with Crippen LogP contribution in [-0.2, 0) is 0 Å². The van der Waals surface area contributed by atoms with E-state index >= 15 is 0 Å². The molecule has 76 valence electrons. The van der Waals surface area contributed by atoms with Crippen LogP contribution in [0.3, 0.4) is 0 Å². The lowest BCUT2D eigenvalue weighted by atomic mass is 10.2. The number of hydrogen-bond donors (Lipinski definition) is 2. The third-order valence-corrected chi connectivity index (χ3v) is 1.69. The Labute approximate surface area is 83.3 Å². The highest BCUT2D eigenvalue weighted by Crippen LogP contribution is 2.23. The van der Waals surface area contributed by atoms with Gasteiger partial charge in [-0.1, -0.05) is 0 Å². The lowest BCUT2D eigenvalue weighted by Gasteiger charge is -2.09. The van der Waals surface area contributed by atoms with Gasteiger partial charge in [0.2, 0.25) is 0 Å². The molecule has 0 aliphatic carbocycles. The van der Waals surface area contributed by atoms with Crippen LogP contribution in [0.2, 0.25) is 0 Å². The highest BCUT2D eigenvalue weighted by molar-refractivity contribution is 6.33. The molecule has 0 bridgehead atoms. The van der Waals surface area contributed by atoms with Crippen LogP contribution in [0.15, 0.2) is 18.2 Å². The summed E-state index contributed by atoms with van der Waals surface area (Å²) in [7, 11) is -1.78. The minimum atomic E-state index is -1.78. The van der Waals surface area contributed by atoms with Crippen LogP contribution in [0, 0.1) is 6.92 Å². The first-order valence-corrected chi connectivity index (χ1v) is 4.39. The topological polar surface area (TPSA) is 58.9 Å². The maximum Gasteiger partial charge on any atom is 0.707 e. The smallest absolute Gasteiger partial charge is 0.512 e. The average molecular weight is 196 g/mol. The lowest BCUT2D eigenvalue weighted by Crippen LogP contribution is -2.20. The van der Waals surface area contributed by atoms with E-state index in [-0.39, 0.29) is 0 Å². The fourth-order valence-electron chi connectivity index (χ4n) is 1.13. The molecule has 0 unspecified atom stereocenters. The largest absolute Gasteiger partial charge is 0.707 e. The Kier molecular flexibility index (Phi) is 3.79. The van der Waals surface area contributed by atoms with Crippen LogP contribution in [0.5, 0.6) is 11.5 Å². The van der Waals surface area contributed by atoms with E-state index < -0.39 is 7.32 Å². The van der Waals surface area contributed by atoms with Crippen LogP contribution >= 0.6 is 0 Å². The highest BCUT2D eigenvalue weighted by Gasteiger charge is 2.11. The maximum atomic E-state index is 8.57. The van der Waals surface area contributed by atoms with Crippen molar-refractivity contribution >= 4 is 7.32 Å². The van der Waals surface area contributed by atoms with Crippen molar-refractivity contribution in [2.75, 3.05) is 6.61 Å². The Morgan fingerprint density at radius 1 is 1.36 bits per heavy atom. The van der Waals surface area contributed by atoms with Crippen molar-refractivity contribution in [3.8, 4) is 11.5 Å². The Balaban J connectivity index is 2.78. The summed E-state index contributed by atoms with van der Waals surface area (Å²) in [6.07, 6.45) is 0. The van der Waals surface area contributed by atoms with Gasteiger partial charge in [0, 0.05) is 0 Å². The SMILES string of the molecule is CCOc1ccc(OB(O)O)cc1C. The van der Waals surface area contributed by atoms with Crippen molar-refractivity contribution in [3.63, 3.8) is 0 Å². The molecule has 1 aromatic rings. The zero-order chi connectivity index (χ0) is 10.6. The van der Waals surface area contributed by atoms with Crippen molar-refractivity contribution in [2.45, 2.75) is 13.8 Å². The minimum Gasteiger partial charge on any atom is -0.512 e. The monoisotopic (exact) mass is 196 g/mol. The second-order valence-electron chi connectivity index (χ2n) is 2.80. The molecule has 0 saturated carbocycles. The summed E-state index contributed by atoms with van der Waals surface area (Å²) in [5, 5.41) is 17.1. The van der Waals surface area contributed by atoms with Gasteiger partial charge in [0.05, 0.1) is 6.61 Å². The standard InChI is InChI=1S/C9H13BO4/c1-3-13-9-5-4-8(6-7(9)2)14-10(11)12/h4-6,11-12H,3H2,1-2H3. The molecule has 5 heteroatoms. The van der Waals surface area contributed by atoms with Gasteiger partial charge in [0.25, 0.3) is 0 Å². The van der Waals surface area contributed by atoms with Gasteiger partial charge < -0.3 is 19.4 Å². The molecular weight excluding hydrogens is 183 g/mol. The van der Waals surface area contributed by atoms with Crippen molar-refractivity contribution in [2.24, 2.45) is 0 Å². The van der Waals surface area contributed by atoms with E-state index in [9.17, 15) is 0 Å². The summed E-state index contributed by atoms with van der Waals surface area (Å²) in [6.45, 7) is 4.37. The first kappa shape index (κ1) is 10.9. The Morgan fingerprint density at radius 2 is 2.07 bits per heavy atom. The maximum absolute atomic E-state index is 8.57. The van der Waals surface area contributed by atoms with Crippen molar-refractivity contribution in [1.82, 2.24) is 0 Å². The van der Waals surface area contributed by atoms with Gasteiger partial charge in [-0.15, -0.1) is 0 Å². The van der Waals surface area contributed by atoms with Gasteiger partial charge in [-0.3, -0.25) is 0 Å². The van der Waals surface area contributed by atoms with Crippen LogP contribution < -0.4 is 9.39 Å². The second-order valence-corrected chi connectivity index (χ2v) is 2.80. The molecule has 4 nitrogen and oxygen atoms in total. The van der Waals surface area contributed by atoms with Gasteiger partial charge in [-0.25, -0.2) is 0 Å². The van der Waals surface area contributed by atoms with E-state index in [1.807, 2.05) is 13.8 Å². The zero-order valence-electron chi connectivity index (χ0n) is 8.23. The third-order valence-electron chi connectivity index (χ3n) is 1.69. The molecule has 0 atom stereocenters. The Hall–Kier alpha value is -1.20. The molecule has 0 fully saturated rings. The fraction of sp³-hybridized carbons (Fsp3) is 0.333. The van der Waals surface area contributed by atoms with Crippen LogP contribution in [0.1, 0.15) is 12.5 Å². The van der Waals surface area contributed by atoms with Crippen molar-refractivity contribution in [3.05, 3.63) is 23.8 Å². The van der Waals surface area contributed by atoms with E-state index in [1.54, 1.807) is 18.2 Å². The molecule has 1 aromatic carbocycles. The molecule has 0 spiro atoms. The molecule has 0 saturated heterocycles. The molecule has 0 heterocycles. The van der Waals surface area contributed by atoms with Crippen molar-refractivity contribution < 1.29 is 19.4 Å². The summed E-state index contributed by atoms with van der Waals surface area (Å²) >= 11 is 0. The van der Waals surface area contributed by atoms with E-state index in [1.165, 1.54) is 0 Å². The van der Waals surface area contributed by atoms with Crippen molar-refractivity contribution in [1.29, 1.82) is 0 Å².